The van der Waals surface area contributed by atoms with Gasteiger partial charge in [-0.1, -0.05) is 11.6 Å². The molecule has 0 saturated carbocycles. The summed E-state index contributed by atoms with van der Waals surface area (Å²) in [6.07, 6.45) is 2.49. The normalized spacial score (nSPS) is 19.3. The minimum Gasteiger partial charge on any atom is -0.467 e. The predicted molar refractivity (Wildman–Crippen MR) is 67.5 cm³/mol. The van der Waals surface area contributed by atoms with Crippen LogP contribution in [0.2, 0.25) is 10.3 Å². The molecule has 9 heteroatoms. The van der Waals surface area contributed by atoms with Gasteiger partial charge in [0.15, 0.2) is 0 Å². The molecule has 1 aliphatic rings. The van der Waals surface area contributed by atoms with Crippen molar-refractivity contribution in [1.29, 1.82) is 0 Å². The van der Waals surface area contributed by atoms with Crippen molar-refractivity contribution in [3.8, 4) is 5.88 Å². The number of ether oxygens (including phenoxy) is 1. The monoisotopic (exact) mass is 311 g/mol. The highest BCUT2D eigenvalue weighted by Gasteiger charge is 2.46. The SMILES string of the molecule is CC1(Oc2nc(Cl)ncc2Cl)CN(S(C)(=O)=O)C1. The quantitative estimate of drug-likeness (QED) is 0.784. The van der Waals surface area contributed by atoms with Gasteiger partial charge in [0.1, 0.15) is 10.6 Å². The molecule has 0 aliphatic carbocycles. The van der Waals surface area contributed by atoms with E-state index in [1.165, 1.54) is 10.5 Å². The zero-order valence-electron chi connectivity index (χ0n) is 9.72. The molecule has 0 bridgehead atoms. The average Bonchev–Trinajstić information content (AvgIpc) is 2.18. The molecular formula is C9H11Cl2N3O3S. The minimum absolute atomic E-state index is 0.0253. The summed E-state index contributed by atoms with van der Waals surface area (Å²) in [5.41, 5.74) is -0.648. The van der Waals surface area contributed by atoms with Gasteiger partial charge in [-0.2, -0.15) is 9.29 Å². The number of aromatic nitrogens is 2. The lowest BCUT2D eigenvalue weighted by atomic mass is 10.00. The maximum atomic E-state index is 11.3. The van der Waals surface area contributed by atoms with E-state index in [0.29, 0.717) is 0 Å². The first-order valence-corrected chi connectivity index (χ1v) is 7.62. The van der Waals surface area contributed by atoms with Crippen LogP contribution in [0.15, 0.2) is 6.20 Å². The topological polar surface area (TPSA) is 72.4 Å². The van der Waals surface area contributed by atoms with E-state index in [0.717, 1.165) is 6.26 Å². The van der Waals surface area contributed by atoms with Gasteiger partial charge in [-0.25, -0.2) is 13.4 Å². The summed E-state index contributed by atoms with van der Waals surface area (Å²) in [6.45, 7) is 2.29. The maximum Gasteiger partial charge on any atom is 0.237 e. The van der Waals surface area contributed by atoms with E-state index in [9.17, 15) is 8.42 Å². The molecule has 1 saturated heterocycles. The molecule has 6 nitrogen and oxygen atoms in total. The van der Waals surface area contributed by atoms with Crippen molar-refractivity contribution >= 4 is 33.2 Å². The summed E-state index contributed by atoms with van der Waals surface area (Å²) in [5, 5.41) is 0.260. The summed E-state index contributed by atoms with van der Waals surface area (Å²) >= 11 is 11.5. The molecule has 1 aromatic rings. The van der Waals surface area contributed by atoms with Gasteiger partial charge in [-0.05, 0) is 18.5 Å². The molecular weight excluding hydrogens is 301 g/mol. The van der Waals surface area contributed by atoms with Crippen LogP contribution in [0.25, 0.3) is 0 Å². The molecule has 0 spiro atoms. The van der Waals surface area contributed by atoms with E-state index >= 15 is 0 Å². The lowest BCUT2D eigenvalue weighted by Gasteiger charge is -2.45. The van der Waals surface area contributed by atoms with Gasteiger partial charge >= 0.3 is 0 Å². The molecule has 0 unspecified atom stereocenters. The molecule has 2 heterocycles. The fourth-order valence-corrected chi connectivity index (χ4v) is 2.91. The van der Waals surface area contributed by atoms with Gasteiger partial charge in [0, 0.05) is 0 Å². The summed E-state index contributed by atoms with van der Waals surface area (Å²) in [4.78, 5) is 7.56. The Labute approximate surface area is 115 Å². The van der Waals surface area contributed by atoms with Crippen LogP contribution in [0.5, 0.6) is 5.88 Å². The zero-order valence-corrected chi connectivity index (χ0v) is 12.1. The molecule has 1 aromatic heterocycles. The second-order valence-corrected chi connectivity index (χ2v) is 7.10. The number of rotatable bonds is 3. The molecule has 0 N–H and O–H groups in total. The highest BCUT2D eigenvalue weighted by atomic mass is 35.5. The Bertz CT molecular complexity index is 572. The van der Waals surface area contributed by atoms with Crippen molar-refractivity contribution < 1.29 is 13.2 Å². The summed E-state index contributed by atoms with van der Waals surface area (Å²) in [7, 11) is -3.19. The van der Waals surface area contributed by atoms with Crippen LogP contribution in [0, 0.1) is 0 Å². The van der Waals surface area contributed by atoms with Crippen molar-refractivity contribution in [2.75, 3.05) is 19.3 Å². The molecule has 18 heavy (non-hydrogen) atoms. The fraction of sp³-hybridized carbons (Fsp3) is 0.556. The van der Waals surface area contributed by atoms with Crippen LogP contribution in [0.4, 0.5) is 0 Å². The van der Waals surface area contributed by atoms with E-state index in [4.69, 9.17) is 27.9 Å². The van der Waals surface area contributed by atoms with Gasteiger partial charge in [0.05, 0.1) is 25.5 Å². The molecule has 0 aromatic carbocycles. The van der Waals surface area contributed by atoms with Crippen LogP contribution in [0.3, 0.4) is 0 Å². The van der Waals surface area contributed by atoms with Crippen LogP contribution in [-0.2, 0) is 10.0 Å². The largest absolute Gasteiger partial charge is 0.467 e. The first kappa shape index (κ1) is 13.8. The van der Waals surface area contributed by atoms with Crippen LogP contribution in [-0.4, -0.2) is 47.6 Å². The number of nitrogens with zero attached hydrogens (tertiary/aromatic N) is 3. The van der Waals surface area contributed by atoms with E-state index in [2.05, 4.69) is 9.97 Å². The van der Waals surface area contributed by atoms with Crippen molar-refractivity contribution in [2.24, 2.45) is 0 Å². The third-order valence-corrected chi connectivity index (χ3v) is 4.15. The molecule has 0 amide bonds. The fourth-order valence-electron chi connectivity index (χ4n) is 1.64. The van der Waals surface area contributed by atoms with Crippen molar-refractivity contribution in [1.82, 2.24) is 14.3 Å². The lowest BCUT2D eigenvalue weighted by Crippen LogP contribution is -2.64. The van der Waals surface area contributed by atoms with Crippen LogP contribution in [0.1, 0.15) is 6.92 Å². The molecule has 0 radical (unpaired) electrons. The van der Waals surface area contributed by atoms with Gasteiger partial charge in [-0.3, -0.25) is 0 Å². The van der Waals surface area contributed by atoms with Crippen molar-refractivity contribution in [3.05, 3.63) is 16.5 Å². The maximum absolute atomic E-state index is 11.3. The van der Waals surface area contributed by atoms with Crippen LogP contribution < -0.4 is 4.74 Å². The Kier molecular flexibility index (Phi) is 3.44. The van der Waals surface area contributed by atoms with Gasteiger partial charge in [-0.15, -0.1) is 0 Å². The number of halogens is 2. The van der Waals surface area contributed by atoms with Crippen LogP contribution >= 0.6 is 23.2 Å². The van der Waals surface area contributed by atoms with Gasteiger partial charge in [0.2, 0.25) is 21.2 Å². The standard InChI is InChI=1S/C9H11Cl2N3O3S/c1-9(4-14(5-9)18(2,15)16)17-7-6(10)3-12-8(11)13-7/h3H,4-5H2,1-2H3. The summed E-state index contributed by atoms with van der Waals surface area (Å²) < 4.78 is 29.5. The Morgan fingerprint density at radius 3 is 2.61 bits per heavy atom. The highest BCUT2D eigenvalue weighted by Crippen LogP contribution is 2.31. The third-order valence-electron chi connectivity index (χ3n) is 2.52. The summed E-state index contributed by atoms with van der Waals surface area (Å²) in [6, 6.07) is 0. The highest BCUT2D eigenvalue weighted by molar-refractivity contribution is 7.88. The molecule has 0 atom stereocenters. The number of hydrogen-bond acceptors (Lipinski definition) is 5. The van der Waals surface area contributed by atoms with Gasteiger partial charge < -0.3 is 4.74 Å². The van der Waals surface area contributed by atoms with E-state index in [1.807, 2.05) is 0 Å². The minimum atomic E-state index is -3.19. The Morgan fingerprint density at radius 2 is 2.06 bits per heavy atom. The molecule has 2 rings (SSSR count). The van der Waals surface area contributed by atoms with Crippen molar-refractivity contribution in [2.45, 2.75) is 12.5 Å². The number of sulfonamides is 1. The smallest absolute Gasteiger partial charge is 0.237 e. The van der Waals surface area contributed by atoms with Gasteiger partial charge in [0.25, 0.3) is 0 Å². The lowest BCUT2D eigenvalue weighted by molar-refractivity contribution is -0.0226. The second-order valence-electron chi connectivity index (χ2n) is 4.38. The third kappa shape index (κ3) is 2.85. The predicted octanol–water partition coefficient (Wildman–Crippen LogP) is 1.20. The summed E-state index contributed by atoms with van der Waals surface area (Å²) in [5.74, 6) is 0.160. The van der Waals surface area contributed by atoms with E-state index in [-0.39, 0.29) is 29.3 Å². The molecule has 1 aliphatic heterocycles. The van der Waals surface area contributed by atoms with Crippen molar-refractivity contribution in [3.63, 3.8) is 0 Å². The molecule has 1 fully saturated rings. The average molecular weight is 312 g/mol. The van der Waals surface area contributed by atoms with E-state index < -0.39 is 15.6 Å². The van der Waals surface area contributed by atoms with E-state index in [1.54, 1.807) is 6.92 Å². The Hall–Kier alpha value is -0.630. The zero-order chi connectivity index (χ0) is 13.6. The first-order valence-electron chi connectivity index (χ1n) is 5.02. The molecule has 100 valence electrons. The Balaban J connectivity index is 2.10. The first-order chi connectivity index (χ1) is 8.20. The second kappa shape index (κ2) is 4.48. The Morgan fingerprint density at radius 1 is 1.44 bits per heavy atom. The number of hydrogen-bond donors (Lipinski definition) is 0.